The van der Waals surface area contributed by atoms with E-state index in [0.717, 1.165) is 73.3 Å². The third-order valence-electron chi connectivity index (χ3n) is 8.26. The standard InChI is InChI=1S/C32H37ClN4O4/c1-31(2,3)41-30(40)34-19-32(23-8-5-9-24(33)17-23)13-10-25(11-14-32)37-15-12-26-27(18-37)35-20-36-28(26)21-6-4-7-22(16-21)29(38)39/h4-9,16-17,20,25H,10-15,18-19H2,1-3H3,(H,34,40)(H,38,39)/t25-,32+. The summed E-state index contributed by atoms with van der Waals surface area (Å²) >= 11 is 6.39. The number of halogens is 1. The van der Waals surface area contributed by atoms with Gasteiger partial charge in [0, 0.05) is 47.2 Å². The molecule has 1 amide bonds. The highest BCUT2D eigenvalue weighted by molar-refractivity contribution is 6.30. The summed E-state index contributed by atoms with van der Waals surface area (Å²) in [6.45, 7) is 7.70. The van der Waals surface area contributed by atoms with Crippen LogP contribution in [0, 0.1) is 0 Å². The van der Waals surface area contributed by atoms with Crippen molar-refractivity contribution < 1.29 is 19.4 Å². The summed E-state index contributed by atoms with van der Waals surface area (Å²) in [5.74, 6) is -0.951. The molecule has 5 rings (SSSR count). The second kappa shape index (κ2) is 11.8. The van der Waals surface area contributed by atoms with E-state index in [2.05, 4.69) is 26.3 Å². The molecule has 0 bridgehead atoms. The van der Waals surface area contributed by atoms with Gasteiger partial charge in [-0.05, 0) is 82.7 Å². The Morgan fingerprint density at radius 3 is 2.59 bits per heavy atom. The molecule has 9 heteroatoms. The van der Waals surface area contributed by atoms with Gasteiger partial charge in [0.15, 0.2) is 0 Å². The van der Waals surface area contributed by atoms with Crippen LogP contribution in [0.3, 0.4) is 0 Å². The Kier molecular flexibility index (Phi) is 8.34. The number of rotatable bonds is 6. The van der Waals surface area contributed by atoms with Crippen molar-refractivity contribution in [3.63, 3.8) is 0 Å². The van der Waals surface area contributed by atoms with Gasteiger partial charge in [0.25, 0.3) is 0 Å². The van der Waals surface area contributed by atoms with Crippen molar-refractivity contribution in [2.24, 2.45) is 0 Å². The Hall–Kier alpha value is -3.49. The van der Waals surface area contributed by atoms with Crippen molar-refractivity contribution in [1.82, 2.24) is 20.2 Å². The van der Waals surface area contributed by atoms with Gasteiger partial charge in [0.1, 0.15) is 11.9 Å². The highest BCUT2D eigenvalue weighted by atomic mass is 35.5. The first-order chi connectivity index (χ1) is 19.5. The van der Waals surface area contributed by atoms with E-state index in [-0.39, 0.29) is 11.0 Å². The number of nitrogens with zero attached hydrogens (tertiary/aromatic N) is 3. The van der Waals surface area contributed by atoms with Crippen LogP contribution in [0.2, 0.25) is 5.02 Å². The number of carbonyl (C=O) groups is 2. The van der Waals surface area contributed by atoms with Crippen LogP contribution >= 0.6 is 11.6 Å². The smallest absolute Gasteiger partial charge is 0.407 e. The quantitative estimate of drug-likeness (QED) is 0.357. The summed E-state index contributed by atoms with van der Waals surface area (Å²) in [6.07, 6.45) is 5.77. The van der Waals surface area contributed by atoms with Crippen molar-refractivity contribution in [3.8, 4) is 11.3 Å². The molecule has 0 radical (unpaired) electrons. The number of carboxylic acid groups (broad SMARTS) is 1. The van der Waals surface area contributed by atoms with Gasteiger partial charge in [-0.3, -0.25) is 4.90 Å². The molecule has 1 saturated carbocycles. The van der Waals surface area contributed by atoms with E-state index in [1.54, 1.807) is 24.5 Å². The first kappa shape index (κ1) is 29.0. The van der Waals surface area contributed by atoms with E-state index in [0.29, 0.717) is 17.6 Å². The van der Waals surface area contributed by atoms with Gasteiger partial charge in [-0.15, -0.1) is 0 Å². The van der Waals surface area contributed by atoms with Gasteiger partial charge in [0.05, 0.1) is 17.0 Å². The van der Waals surface area contributed by atoms with Crippen LogP contribution in [0.5, 0.6) is 0 Å². The molecule has 0 atom stereocenters. The second-order valence-corrected chi connectivity index (χ2v) is 12.6. The number of hydrogen-bond donors (Lipinski definition) is 2. The Bertz CT molecular complexity index is 1430. The third kappa shape index (κ3) is 6.71. The Labute approximate surface area is 246 Å². The first-order valence-corrected chi connectivity index (χ1v) is 14.5. The number of ether oxygens (including phenoxy) is 1. The monoisotopic (exact) mass is 576 g/mol. The van der Waals surface area contributed by atoms with Gasteiger partial charge < -0.3 is 15.2 Å². The molecule has 1 aromatic heterocycles. The highest BCUT2D eigenvalue weighted by Gasteiger charge is 2.40. The third-order valence-corrected chi connectivity index (χ3v) is 8.49. The van der Waals surface area contributed by atoms with Gasteiger partial charge in [-0.25, -0.2) is 19.6 Å². The summed E-state index contributed by atoms with van der Waals surface area (Å²) in [6, 6.07) is 15.3. The zero-order valence-electron chi connectivity index (χ0n) is 23.8. The van der Waals surface area contributed by atoms with Crippen molar-refractivity contribution in [2.75, 3.05) is 13.1 Å². The van der Waals surface area contributed by atoms with Gasteiger partial charge >= 0.3 is 12.1 Å². The fourth-order valence-corrected chi connectivity index (χ4v) is 6.39. The van der Waals surface area contributed by atoms with Crippen LogP contribution < -0.4 is 5.32 Å². The summed E-state index contributed by atoms with van der Waals surface area (Å²) < 4.78 is 5.52. The van der Waals surface area contributed by atoms with Crippen molar-refractivity contribution in [2.45, 2.75) is 76.5 Å². The highest BCUT2D eigenvalue weighted by Crippen LogP contribution is 2.42. The van der Waals surface area contributed by atoms with Crippen LogP contribution in [0.1, 0.15) is 73.6 Å². The lowest BCUT2D eigenvalue weighted by atomic mass is 9.67. The lowest BCUT2D eigenvalue weighted by Gasteiger charge is -2.45. The maximum atomic E-state index is 12.5. The van der Waals surface area contributed by atoms with Crippen LogP contribution in [0.4, 0.5) is 4.79 Å². The number of aromatic nitrogens is 2. The minimum atomic E-state index is -0.951. The molecular weight excluding hydrogens is 540 g/mol. The average molecular weight is 577 g/mol. The minimum Gasteiger partial charge on any atom is -0.478 e. The molecular formula is C32H37ClN4O4. The molecule has 0 unspecified atom stereocenters. The Morgan fingerprint density at radius 1 is 1.12 bits per heavy atom. The molecule has 2 aromatic carbocycles. The summed E-state index contributed by atoms with van der Waals surface area (Å²) in [4.78, 5) is 35.7. The first-order valence-electron chi connectivity index (χ1n) is 14.2. The van der Waals surface area contributed by atoms with Gasteiger partial charge in [-0.1, -0.05) is 35.9 Å². The molecule has 2 aliphatic rings. The number of carbonyl (C=O) groups excluding carboxylic acids is 1. The maximum Gasteiger partial charge on any atom is 0.407 e. The number of alkyl carbamates (subject to hydrolysis) is 1. The lowest BCUT2D eigenvalue weighted by Crippen LogP contribution is -2.49. The molecule has 216 valence electrons. The second-order valence-electron chi connectivity index (χ2n) is 12.1. The summed E-state index contributed by atoms with van der Waals surface area (Å²) in [7, 11) is 0. The molecule has 0 saturated heterocycles. The molecule has 1 fully saturated rings. The zero-order chi connectivity index (χ0) is 29.2. The maximum absolute atomic E-state index is 12.5. The van der Waals surface area contributed by atoms with Gasteiger partial charge in [0.2, 0.25) is 0 Å². The molecule has 1 aliphatic carbocycles. The molecule has 2 N–H and O–H groups in total. The van der Waals surface area contributed by atoms with Crippen LogP contribution in [-0.4, -0.2) is 56.8 Å². The molecule has 0 spiro atoms. The number of fused-ring (bicyclic) bond motifs is 1. The minimum absolute atomic E-state index is 0.226. The summed E-state index contributed by atoms with van der Waals surface area (Å²) in [5, 5.41) is 13.2. The number of nitrogens with one attached hydrogen (secondary N) is 1. The molecule has 3 aromatic rings. The SMILES string of the molecule is CC(C)(C)OC(=O)NC[C@]1(c2cccc(Cl)c2)CC[C@@H](N2CCc3c(ncnc3-c3cccc(C(=O)O)c3)C2)CC1. The van der Waals surface area contributed by atoms with E-state index < -0.39 is 17.7 Å². The number of amides is 1. The van der Waals surface area contributed by atoms with Crippen molar-refractivity contribution in [1.29, 1.82) is 0 Å². The topological polar surface area (TPSA) is 105 Å². The average Bonchev–Trinajstić information content (AvgIpc) is 2.95. The van der Waals surface area contributed by atoms with Crippen molar-refractivity contribution >= 4 is 23.7 Å². The van der Waals surface area contributed by atoms with Crippen LogP contribution in [-0.2, 0) is 23.1 Å². The normalized spacial score (nSPS) is 21.1. The number of hydrogen-bond acceptors (Lipinski definition) is 6. The predicted molar refractivity (Wildman–Crippen MR) is 158 cm³/mol. The van der Waals surface area contributed by atoms with E-state index in [4.69, 9.17) is 16.3 Å². The van der Waals surface area contributed by atoms with Crippen molar-refractivity contribution in [3.05, 3.63) is 82.3 Å². The number of carboxylic acids is 1. The predicted octanol–water partition coefficient (Wildman–Crippen LogP) is 6.26. The number of benzene rings is 2. The lowest BCUT2D eigenvalue weighted by molar-refractivity contribution is 0.0493. The molecule has 8 nitrogen and oxygen atoms in total. The van der Waals surface area contributed by atoms with Crippen LogP contribution in [0.15, 0.2) is 54.9 Å². The fourth-order valence-electron chi connectivity index (χ4n) is 6.20. The molecule has 1 aliphatic heterocycles. The van der Waals surface area contributed by atoms with E-state index in [1.165, 1.54) is 0 Å². The fraction of sp³-hybridized carbons (Fsp3) is 0.438. The van der Waals surface area contributed by atoms with E-state index in [1.807, 2.05) is 45.0 Å². The largest absolute Gasteiger partial charge is 0.478 e. The molecule has 2 heterocycles. The van der Waals surface area contributed by atoms with E-state index in [9.17, 15) is 14.7 Å². The van der Waals surface area contributed by atoms with Crippen LogP contribution in [0.25, 0.3) is 11.3 Å². The van der Waals surface area contributed by atoms with E-state index >= 15 is 0 Å². The zero-order valence-corrected chi connectivity index (χ0v) is 24.6. The number of aromatic carboxylic acids is 1. The van der Waals surface area contributed by atoms with Gasteiger partial charge in [-0.2, -0.15) is 0 Å². The Morgan fingerprint density at radius 2 is 1.88 bits per heavy atom. The molecule has 41 heavy (non-hydrogen) atoms. The summed E-state index contributed by atoms with van der Waals surface area (Å²) in [5.41, 5.74) is 4.32. The Balaban J connectivity index is 1.30.